The standard InChI is InChI=1S/C28H24FN3OS/c29-23-9-6-21(7-10-23)24-18-32-25-11-8-22(17-26(25)34-28(32)30-24)27(33)31-14-12-20(13-15-31)16-19-4-2-1-3-5-19/h1-11,17-18,20H,12-16H2. The van der Waals surface area contributed by atoms with Gasteiger partial charge in [0.25, 0.3) is 5.91 Å². The highest BCUT2D eigenvalue weighted by Crippen LogP contribution is 2.31. The molecule has 2 aromatic heterocycles. The lowest BCUT2D eigenvalue weighted by Gasteiger charge is -2.32. The number of nitrogens with zero attached hydrogens (tertiary/aromatic N) is 3. The largest absolute Gasteiger partial charge is 0.339 e. The van der Waals surface area contributed by atoms with E-state index in [0.717, 1.165) is 64.4 Å². The molecule has 0 spiro atoms. The van der Waals surface area contributed by atoms with Crippen molar-refractivity contribution in [2.24, 2.45) is 5.92 Å². The summed E-state index contributed by atoms with van der Waals surface area (Å²) >= 11 is 1.57. The Morgan fingerprint density at radius 2 is 1.76 bits per heavy atom. The predicted molar refractivity (Wildman–Crippen MR) is 135 cm³/mol. The lowest BCUT2D eigenvalue weighted by molar-refractivity contribution is 0.0690. The van der Waals surface area contributed by atoms with Crippen LogP contribution in [0.25, 0.3) is 26.4 Å². The Kier molecular flexibility index (Phi) is 5.38. The average Bonchev–Trinajstić information content (AvgIpc) is 3.43. The van der Waals surface area contributed by atoms with E-state index in [-0.39, 0.29) is 11.7 Å². The van der Waals surface area contributed by atoms with Gasteiger partial charge in [-0.3, -0.25) is 9.20 Å². The Balaban J connectivity index is 1.17. The van der Waals surface area contributed by atoms with Crippen molar-refractivity contribution in [2.75, 3.05) is 13.1 Å². The molecule has 0 radical (unpaired) electrons. The molecule has 4 nitrogen and oxygen atoms in total. The number of halogens is 1. The summed E-state index contributed by atoms with van der Waals surface area (Å²) < 4.78 is 16.3. The first-order valence-corrected chi connectivity index (χ1v) is 12.5. The molecule has 3 aromatic carbocycles. The number of hydrogen-bond acceptors (Lipinski definition) is 3. The third kappa shape index (κ3) is 3.99. The number of aromatic nitrogens is 2. The molecule has 170 valence electrons. The second-order valence-electron chi connectivity index (χ2n) is 9.00. The molecule has 0 atom stereocenters. The minimum Gasteiger partial charge on any atom is -0.339 e. The molecule has 1 saturated heterocycles. The molecule has 6 rings (SSSR count). The molecule has 1 fully saturated rings. The number of benzene rings is 3. The highest BCUT2D eigenvalue weighted by Gasteiger charge is 2.24. The van der Waals surface area contributed by atoms with Crippen molar-refractivity contribution in [3.63, 3.8) is 0 Å². The van der Waals surface area contributed by atoms with E-state index in [1.54, 1.807) is 23.5 Å². The maximum atomic E-state index is 13.2. The number of amides is 1. The van der Waals surface area contributed by atoms with E-state index in [9.17, 15) is 9.18 Å². The summed E-state index contributed by atoms with van der Waals surface area (Å²) in [6.07, 6.45) is 5.15. The summed E-state index contributed by atoms with van der Waals surface area (Å²) in [4.78, 5) is 20.8. The van der Waals surface area contributed by atoms with E-state index in [4.69, 9.17) is 4.98 Å². The zero-order chi connectivity index (χ0) is 23.1. The van der Waals surface area contributed by atoms with Gasteiger partial charge in [-0.15, -0.1) is 0 Å². The number of rotatable bonds is 4. The number of carbonyl (C=O) groups is 1. The van der Waals surface area contributed by atoms with Crippen molar-refractivity contribution in [3.05, 3.63) is 95.9 Å². The minimum absolute atomic E-state index is 0.109. The Hall–Kier alpha value is -3.51. The summed E-state index contributed by atoms with van der Waals surface area (Å²) in [6, 6.07) is 22.9. The first-order valence-electron chi connectivity index (χ1n) is 11.6. The molecule has 0 aliphatic carbocycles. The highest BCUT2D eigenvalue weighted by molar-refractivity contribution is 7.23. The Morgan fingerprint density at radius 1 is 1.00 bits per heavy atom. The van der Waals surface area contributed by atoms with E-state index < -0.39 is 0 Å². The van der Waals surface area contributed by atoms with Crippen LogP contribution in [-0.2, 0) is 6.42 Å². The van der Waals surface area contributed by atoms with E-state index in [1.165, 1.54) is 17.7 Å². The summed E-state index contributed by atoms with van der Waals surface area (Å²) in [7, 11) is 0. The SMILES string of the molecule is O=C(c1ccc2c(c1)sc1nc(-c3ccc(F)cc3)cn12)N1CCC(Cc2ccccc2)CC1. The van der Waals surface area contributed by atoms with Gasteiger partial charge in [-0.05, 0) is 73.2 Å². The van der Waals surface area contributed by atoms with Crippen LogP contribution in [0.1, 0.15) is 28.8 Å². The molecule has 6 heteroatoms. The maximum absolute atomic E-state index is 13.2. The van der Waals surface area contributed by atoms with Gasteiger partial charge < -0.3 is 4.90 Å². The molecule has 0 N–H and O–H groups in total. The quantitative estimate of drug-likeness (QED) is 0.303. The average molecular weight is 470 g/mol. The Morgan fingerprint density at radius 3 is 2.53 bits per heavy atom. The summed E-state index contributed by atoms with van der Waals surface area (Å²) in [5, 5.41) is 0. The van der Waals surface area contributed by atoms with Crippen LogP contribution in [0.2, 0.25) is 0 Å². The van der Waals surface area contributed by atoms with Crippen LogP contribution in [0.3, 0.4) is 0 Å². The van der Waals surface area contributed by atoms with Crippen molar-refractivity contribution in [2.45, 2.75) is 19.3 Å². The van der Waals surface area contributed by atoms with Gasteiger partial charge in [0.05, 0.1) is 15.9 Å². The third-order valence-electron chi connectivity index (χ3n) is 6.75. The molecular weight excluding hydrogens is 445 g/mol. The molecular formula is C28H24FN3OS. The number of thiazole rings is 1. The topological polar surface area (TPSA) is 37.6 Å². The number of hydrogen-bond donors (Lipinski definition) is 0. The van der Waals surface area contributed by atoms with E-state index in [0.29, 0.717) is 5.92 Å². The van der Waals surface area contributed by atoms with Gasteiger partial charge in [0.15, 0.2) is 4.96 Å². The van der Waals surface area contributed by atoms with Crippen molar-refractivity contribution in [3.8, 4) is 11.3 Å². The van der Waals surface area contributed by atoms with Crippen LogP contribution in [0.5, 0.6) is 0 Å². The van der Waals surface area contributed by atoms with Gasteiger partial charge in [0.2, 0.25) is 0 Å². The van der Waals surface area contributed by atoms with Crippen molar-refractivity contribution in [1.82, 2.24) is 14.3 Å². The summed E-state index contributed by atoms with van der Waals surface area (Å²) in [6.45, 7) is 1.62. The zero-order valence-electron chi connectivity index (χ0n) is 18.7. The minimum atomic E-state index is -0.257. The normalized spacial score (nSPS) is 14.8. The molecule has 0 saturated carbocycles. The maximum Gasteiger partial charge on any atom is 0.253 e. The molecule has 3 heterocycles. The van der Waals surface area contributed by atoms with E-state index in [2.05, 4.69) is 30.3 Å². The first-order chi connectivity index (χ1) is 16.6. The smallest absolute Gasteiger partial charge is 0.253 e. The van der Waals surface area contributed by atoms with E-state index >= 15 is 0 Å². The Labute approximate surface area is 201 Å². The molecule has 0 bridgehead atoms. The predicted octanol–water partition coefficient (Wildman–Crippen LogP) is 6.45. The van der Waals surface area contributed by atoms with Crippen LogP contribution in [0.4, 0.5) is 4.39 Å². The fourth-order valence-electron chi connectivity index (χ4n) is 4.86. The second kappa shape index (κ2) is 8.69. The molecule has 5 aromatic rings. The summed E-state index contributed by atoms with van der Waals surface area (Å²) in [5.41, 5.74) is 4.83. The Bertz CT molecular complexity index is 1460. The molecule has 34 heavy (non-hydrogen) atoms. The van der Waals surface area contributed by atoms with Crippen LogP contribution in [0.15, 0.2) is 79.0 Å². The van der Waals surface area contributed by atoms with Crippen molar-refractivity contribution >= 4 is 32.4 Å². The highest BCUT2D eigenvalue weighted by atomic mass is 32.1. The zero-order valence-corrected chi connectivity index (χ0v) is 19.5. The fraction of sp³-hybridized carbons (Fsp3) is 0.214. The van der Waals surface area contributed by atoms with Gasteiger partial charge in [-0.25, -0.2) is 9.37 Å². The van der Waals surface area contributed by atoms with Gasteiger partial charge in [0.1, 0.15) is 5.82 Å². The number of fused-ring (bicyclic) bond motifs is 3. The monoisotopic (exact) mass is 469 g/mol. The molecule has 0 unspecified atom stereocenters. The van der Waals surface area contributed by atoms with Gasteiger partial charge >= 0.3 is 0 Å². The fourth-order valence-corrected chi connectivity index (χ4v) is 5.91. The molecule has 1 amide bonds. The number of carbonyl (C=O) groups excluding carboxylic acids is 1. The van der Waals surface area contributed by atoms with Gasteiger partial charge in [-0.1, -0.05) is 41.7 Å². The molecule has 1 aliphatic heterocycles. The van der Waals surface area contributed by atoms with Crippen LogP contribution in [-0.4, -0.2) is 33.3 Å². The number of imidazole rings is 1. The van der Waals surface area contributed by atoms with Crippen LogP contribution >= 0.6 is 11.3 Å². The second-order valence-corrected chi connectivity index (χ2v) is 10.0. The van der Waals surface area contributed by atoms with E-state index in [1.807, 2.05) is 33.7 Å². The van der Waals surface area contributed by atoms with Crippen molar-refractivity contribution < 1.29 is 9.18 Å². The first kappa shape index (κ1) is 21.1. The van der Waals surface area contributed by atoms with Gasteiger partial charge in [0, 0.05) is 30.4 Å². The van der Waals surface area contributed by atoms with Gasteiger partial charge in [-0.2, -0.15) is 0 Å². The van der Waals surface area contributed by atoms with Crippen molar-refractivity contribution in [1.29, 1.82) is 0 Å². The van der Waals surface area contributed by atoms with Crippen LogP contribution in [0, 0.1) is 11.7 Å². The summed E-state index contributed by atoms with van der Waals surface area (Å²) in [5.74, 6) is 0.486. The number of piperidine rings is 1. The number of likely N-dealkylation sites (tertiary alicyclic amines) is 1. The van der Waals surface area contributed by atoms with Crippen LogP contribution < -0.4 is 0 Å². The lowest BCUT2D eigenvalue weighted by atomic mass is 9.90. The third-order valence-corrected chi connectivity index (χ3v) is 7.77. The molecule has 1 aliphatic rings. The lowest BCUT2D eigenvalue weighted by Crippen LogP contribution is -2.38.